The molecule has 15 heavy (non-hydrogen) atoms. The van der Waals surface area contributed by atoms with Crippen molar-refractivity contribution in [1.82, 2.24) is 10.6 Å². The lowest BCUT2D eigenvalue weighted by Crippen LogP contribution is -2.34. The second-order valence-corrected chi connectivity index (χ2v) is 3.26. The molecule has 0 bridgehead atoms. The molecule has 1 saturated carbocycles. The largest absolute Gasteiger partial charge is 0.453 e. The normalized spacial score (nSPS) is 14.1. The van der Waals surface area contributed by atoms with Crippen LogP contribution in [-0.2, 0) is 9.53 Å². The zero-order chi connectivity index (χ0) is 11.7. The van der Waals surface area contributed by atoms with Crippen molar-refractivity contribution in [3.8, 4) is 0 Å². The molecule has 2 amide bonds. The Balaban J connectivity index is -0.000000221. The fourth-order valence-electron chi connectivity index (χ4n) is 1.09. The van der Waals surface area contributed by atoms with E-state index in [1.807, 2.05) is 6.92 Å². The average molecular weight is 220 g/mol. The van der Waals surface area contributed by atoms with Gasteiger partial charge in [0, 0.05) is 22.4 Å². The Labute approximate surface area is 93.5 Å². The number of nitrogens with one attached hydrogen (secondary N) is 2. The fourth-order valence-corrected chi connectivity index (χ4v) is 1.09. The smallest absolute Gasteiger partial charge is 0.406 e. The number of alkyl carbamates (subject to hydrolysis) is 1. The molecular weight excluding hydrogens is 196 g/mol. The SMILES string of the molecule is CCNC(=O)C1CCC1.CNC(=O)OC.[HH].[HH]. The second kappa shape index (κ2) is 8.08. The summed E-state index contributed by atoms with van der Waals surface area (Å²) in [6.07, 6.45) is 3.04. The zero-order valence-corrected chi connectivity index (χ0v) is 9.63. The van der Waals surface area contributed by atoms with E-state index in [1.165, 1.54) is 20.6 Å². The van der Waals surface area contributed by atoms with E-state index in [1.54, 1.807) is 0 Å². The van der Waals surface area contributed by atoms with Crippen molar-refractivity contribution in [2.75, 3.05) is 20.7 Å². The minimum atomic E-state index is -0.407. The van der Waals surface area contributed by atoms with E-state index < -0.39 is 6.09 Å². The molecule has 5 heteroatoms. The summed E-state index contributed by atoms with van der Waals surface area (Å²) >= 11 is 0. The van der Waals surface area contributed by atoms with Crippen LogP contribution in [0.25, 0.3) is 0 Å². The van der Waals surface area contributed by atoms with E-state index in [-0.39, 0.29) is 8.76 Å². The highest BCUT2D eigenvalue weighted by molar-refractivity contribution is 5.79. The molecule has 0 heterocycles. The van der Waals surface area contributed by atoms with Gasteiger partial charge in [-0.15, -0.1) is 0 Å². The zero-order valence-electron chi connectivity index (χ0n) is 9.63. The van der Waals surface area contributed by atoms with Gasteiger partial charge in [-0.25, -0.2) is 4.79 Å². The Kier molecular flexibility index (Phi) is 7.40. The van der Waals surface area contributed by atoms with Gasteiger partial charge in [-0.05, 0) is 19.8 Å². The van der Waals surface area contributed by atoms with E-state index in [4.69, 9.17) is 0 Å². The number of hydrogen-bond acceptors (Lipinski definition) is 3. The molecule has 1 rings (SSSR count). The molecule has 5 nitrogen and oxygen atoms in total. The van der Waals surface area contributed by atoms with Crippen molar-refractivity contribution < 1.29 is 17.2 Å². The highest BCUT2D eigenvalue weighted by Crippen LogP contribution is 2.25. The van der Waals surface area contributed by atoms with Gasteiger partial charge in [0.2, 0.25) is 5.91 Å². The molecule has 0 radical (unpaired) electrons. The summed E-state index contributed by atoms with van der Waals surface area (Å²) in [4.78, 5) is 20.8. The number of carbonyl (C=O) groups excluding carboxylic acids is 2. The quantitative estimate of drug-likeness (QED) is 0.739. The molecule has 0 aromatic heterocycles. The molecule has 0 aliphatic heterocycles. The molecule has 2 N–H and O–H groups in total. The van der Waals surface area contributed by atoms with Crippen molar-refractivity contribution in [3.63, 3.8) is 0 Å². The van der Waals surface area contributed by atoms with Crippen molar-refractivity contribution in [2.24, 2.45) is 5.92 Å². The van der Waals surface area contributed by atoms with E-state index in [9.17, 15) is 9.59 Å². The van der Waals surface area contributed by atoms with Gasteiger partial charge < -0.3 is 15.4 Å². The third-order valence-corrected chi connectivity index (χ3v) is 2.22. The predicted molar refractivity (Wildman–Crippen MR) is 61.7 cm³/mol. The van der Waals surface area contributed by atoms with Gasteiger partial charge in [-0.2, -0.15) is 0 Å². The van der Waals surface area contributed by atoms with Crippen LogP contribution in [0.3, 0.4) is 0 Å². The number of carbonyl (C=O) groups is 2. The molecule has 0 atom stereocenters. The first-order chi connectivity index (χ1) is 7.15. The lowest BCUT2D eigenvalue weighted by atomic mass is 9.85. The monoisotopic (exact) mass is 220 g/mol. The maximum absolute atomic E-state index is 10.9. The first-order valence-electron chi connectivity index (χ1n) is 5.19. The Morgan fingerprint density at radius 2 is 2.07 bits per heavy atom. The average Bonchev–Trinajstić information content (AvgIpc) is 2.15. The highest BCUT2D eigenvalue weighted by Gasteiger charge is 2.23. The third kappa shape index (κ3) is 5.93. The summed E-state index contributed by atoms with van der Waals surface area (Å²) < 4.78 is 4.15. The Morgan fingerprint density at radius 1 is 1.47 bits per heavy atom. The minimum Gasteiger partial charge on any atom is -0.453 e. The molecule has 0 unspecified atom stereocenters. The first kappa shape index (κ1) is 13.7. The van der Waals surface area contributed by atoms with E-state index in [2.05, 4.69) is 15.4 Å². The van der Waals surface area contributed by atoms with Crippen LogP contribution in [0.2, 0.25) is 0 Å². The molecule has 0 aromatic rings. The third-order valence-electron chi connectivity index (χ3n) is 2.22. The van der Waals surface area contributed by atoms with E-state index >= 15 is 0 Å². The predicted octanol–water partition coefficient (Wildman–Crippen LogP) is 1.39. The van der Waals surface area contributed by atoms with Crippen LogP contribution >= 0.6 is 0 Å². The fraction of sp³-hybridized carbons (Fsp3) is 0.800. The van der Waals surface area contributed by atoms with Gasteiger partial charge in [0.1, 0.15) is 0 Å². The van der Waals surface area contributed by atoms with Crippen molar-refractivity contribution in [3.05, 3.63) is 0 Å². The molecule has 1 fully saturated rings. The molecule has 1 aliphatic carbocycles. The Hall–Kier alpha value is -1.26. The molecule has 0 saturated heterocycles. The van der Waals surface area contributed by atoms with Crippen LogP contribution in [-0.4, -0.2) is 32.7 Å². The van der Waals surface area contributed by atoms with E-state index in [0.717, 1.165) is 19.4 Å². The lowest BCUT2D eigenvalue weighted by molar-refractivity contribution is -0.127. The molecule has 0 aromatic carbocycles. The van der Waals surface area contributed by atoms with Gasteiger partial charge in [-0.1, -0.05) is 6.42 Å². The lowest BCUT2D eigenvalue weighted by Gasteiger charge is -2.23. The topological polar surface area (TPSA) is 67.4 Å². The van der Waals surface area contributed by atoms with Gasteiger partial charge in [0.05, 0.1) is 7.11 Å². The van der Waals surface area contributed by atoms with Gasteiger partial charge >= 0.3 is 6.09 Å². The summed E-state index contributed by atoms with van der Waals surface area (Å²) in [7, 11) is 2.82. The van der Waals surface area contributed by atoms with Crippen LogP contribution in [0.1, 0.15) is 29.0 Å². The van der Waals surface area contributed by atoms with Gasteiger partial charge in [0.15, 0.2) is 0 Å². The minimum absolute atomic E-state index is 0. The first-order valence-corrected chi connectivity index (χ1v) is 5.19. The van der Waals surface area contributed by atoms with Crippen LogP contribution < -0.4 is 10.6 Å². The van der Waals surface area contributed by atoms with Crippen LogP contribution in [0, 0.1) is 5.92 Å². The second-order valence-electron chi connectivity index (χ2n) is 3.26. The maximum atomic E-state index is 10.9. The Bertz CT molecular complexity index is 206. The summed E-state index contributed by atoms with van der Waals surface area (Å²) in [5.74, 6) is 0.605. The van der Waals surface area contributed by atoms with Gasteiger partial charge in [-0.3, -0.25) is 4.79 Å². The van der Waals surface area contributed by atoms with Crippen LogP contribution in [0.15, 0.2) is 0 Å². The summed E-state index contributed by atoms with van der Waals surface area (Å²) in [5, 5.41) is 5.06. The number of rotatable bonds is 2. The van der Waals surface area contributed by atoms with Crippen molar-refractivity contribution >= 4 is 12.0 Å². The van der Waals surface area contributed by atoms with Crippen molar-refractivity contribution in [1.29, 1.82) is 0 Å². The molecule has 1 aliphatic rings. The number of hydrogen-bond donors (Lipinski definition) is 2. The van der Waals surface area contributed by atoms with Crippen molar-refractivity contribution in [2.45, 2.75) is 26.2 Å². The molecule has 0 spiro atoms. The number of amides is 2. The number of ether oxygens (including phenoxy) is 1. The maximum Gasteiger partial charge on any atom is 0.406 e. The number of methoxy groups -OCH3 is 1. The summed E-state index contributed by atoms with van der Waals surface area (Å²) in [5.41, 5.74) is 0. The standard InChI is InChI=1S/C7H13NO.C3H7NO2.2H2/c1-2-8-7(9)6-4-3-5-6;1-4-3(5)6-2;;/h6H,2-5H2,1H3,(H,8,9);1-2H3,(H,4,5);2*1H. The summed E-state index contributed by atoms with van der Waals surface area (Å²) in [6.45, 7) is 2.73. The van der Waals surface area contributed by atoms with Crippen LogP contribution in [0.5, 0.6) is 0 Å². The summed E-state index contributed by atoms with van der Waals surface area (Å²) in [6, 6.07) is 0. The van der Waals surface area contributed by atoms with E-state index in [0.29, 0.717) is 5.92 Å². The Morgan fingerprint density at radius 3 is 2.27 bits per heavy atom. The van der Waals surface area contributed by atoms with Gasteiger partial charge in [0.25, 0.3) is 0 Å². The molecular formula is C10H24N2O3. The highest BCUT2D eigenvalue weighted by atomic mass is 16.5. The molecule has 92 valence electrons. The van der Waals surface area contributed by atoms with Crippen LogP contribution in [0.4, 0.5) is 4.79 Å².